The Labute approximate surface area is 110 Å². The molecule has 0 bridgehead atoms. The largest absolute Gasteiger partial charge is 0.464 e. The molecule has 0 heterocycles. The molecule has 0 aromatic carbocycles. The van der Waals surface area contributed by atoms with Crippen LogP contribution in [0.4, 0.5) is 0 Å². The zero-order chi connectivity index (χ0) is 12.8. The third-order valence-electron chi connectivity index (χ3n) is 2.66. The summed E-state index contributed by atoms with van der Waals surface area (Å²) in [5.74, 6) is -0.907. The fourth-order valence-electron chi connectivity index (χ4n) is 1.82. The second-order valence-electron chi connectivity index (χ2n) is 3.91. The summed E-state index contributed by atoms with van der Waals surface area (Å²) in [5, 5.41) is 2.38. The van der Waals surface area contributed by atoms with Crippen molar-refractivity contribution >= 4 is 35.1 Å². The number of esters is 1. The number of alkyl halides is 2. The van der Waals surface area contributed by atoms with Gasteiger partial charge in [-0.1, -0.05) is 42.1 Å². The molecule has 0 spiro atoms. The van der Waals surface area contributed by atoms with Crippen LogP contribution >= 0.6 is 23.2 Å². The van der Waals surface area contributed by atoms with E-state index in [4.69, 9.17) is 23.2 Å². The van der Waals surface area contributed by atoms with Crippen molar-refractivity contribution in [2.75, 3.05) is 7.11 Å². The molecule has 4 nitrogen and oxygen atoms in total. The predicted octanol–water partition coefficient (Wildman–Crippen LogP) is 2.15. The first-order chi connectivity index (χ1) is 8.04. The smallest absolute Gasteiger partial charge is 0.354 e. The van der Waals surface area contributed by atoms with Crippen molar-refractivity contribution in [2.45, 2.75) is 30.5 Å². The van der Waals surface area contributed by atoms with Crippen LogP contribution in [0, 0.1) is 5.92 Å². The van der Waals surface area contributed by atoms with Gasteiger partial charge in [0, 0.05) is 0 Å². The number of methoxy groups -OCH3 is 1. The number of rotatable bonds is 4. The van der Waals surface area contributed by atoms with E-state index >= 15 is 0 Å². The molecule has 17 heavy (non-hydrogen) atoms. The molecule has 0 aromatic rings. The molecule has 1 rings (SSSR count). The minimum absolute atomic E-state index is 0.121. The molecule has 1 saturated carbocycles. The monoisotopic (exact) mass is 279 g/mol. The second-order valence-corrected chi connectivity index (χ2v) is 5.00. The van der Waals surface area contributed by atoms with Gasteiger partial charge in [0.15, 0.2) is 4.84 Å². The number of ether oxygens (including phenoxy) is 1. The highest BCUT2D eigenvalue weighted by molar-refractivity contribution is 6.53. The fourth-order valence-corrected chi connectivity index (χ4v) is 1.93. The van der Waals surface area contributed by atoms with E-state index in [-0.39, 0.29) is 5.70 Å². The maximum Gasteiger partial charge on any atom is 0.354 e. The molecule has 6 heteroatoms. The number of carbonyl (C=O) groups excluding carboxylic acids is 2. The fraction of sp³-hybridized carbons (Fsp3) is 0.636. The lowest BCUT2D eigenvalue weighted by molar-refractivity contribution is -0.137. The number of hydrogen-bond acceptors (Lipinski definition) is 3. The lowest BCUT2D eigenvalue weighted by Crippen LogP contribution is -2.32. The molecular formula is C11H15Cl2NO3. The highest BCUT2D eigenvalue weighted by Crippen LogP contribution is 2.26. The van der Waals surface area contributed by atoms with Gasteiger partial charge in [0.2, 0.25) is 0 Å². The molecule has 1 aliphatic rings. The zero-order valence-corrected chi connectivity index (χ0v) is 11.1. The molecule has 1 aliphatic carbocycles. The summed E-state index contributed by atoms with van der Waals surface area (Å²) in [7, 11) is 1.26. The lowest BCUT2D eigenvalue weighted by atomic mass is 10.1. The SMILES string of the molecule is COC(=O)C(=CC1CCCC1)NC(=O)C(Cl)Cl. The van der Waals surface area contributed by atoms with Gasteiger partial charge in [-0.3, -0.25) is 4.79 Å². The Morgan fingerprint density at radius 2 is 1.94 bits per heavy atom. The van der Waals surface area contributed by atoms with Crippen LogP contribution in [-0.2, 0) is 14.3 Å². The Balaban J connectivity index is 2.72. The van der Waals surface area contributed by atoms with Gasteiger partial charge in [0.25, 0.3) is 5.91 Å². The highest BCUT2D eigenvalue weighted by atomic mass is 35.5. The van der Waals surface area contributed by atoms with Crippen LogP contribution in [0.25, 0.3) is 0 Å². The molecule has 0 aromatic heterocycles. The van der Waals surface area contributed by atoms with E-state index in [9.17, 15) is 9.59 Å². The van der Waals surface area contributed by atoms with E-state index in [2.05, 4.69) is 10.1 Å². The summed E-state index contributed by atoms with van der Waals surface area (Å²) in [6.45, 7) is 0. The van der Waals surface area contributed by atoms with Gasteiger partial charge >= 0.3 is 5.97 Å². The van der Waals surface area contributed by atoms with E-state index in [1.54, 1.807) is 6.08 Å². The van der Waals surface area contributed by atoms with Gasteiger partial charge in [-0.05, 0) is 18.8 Å². The predicted molar refractivity (Wildman–Crippen MR) is 65.7 cm³/mol. The van der Waals surface area contributed by atoms with Gasteiger partial charge in [-0.25, -0.2) is 4.79 Å². The van der Waals surface area contributed by atoms with E-state index in [1.807, 2.05) is 0 Å². The van der Waals surface area contributed by atoms with Crippen molar-refractivity contribution in [3.05, 3.63) is 11.8 Å². The van der Waals surface area contributed by atoms with Gasteiger partial charge in [-0.2, -0.15) is 0 Å². The number of halogens is 2. The minimum atomic E-state index is -1.20. The van der Waals surface area contributed by atoms with Crippen molar-refractivity contribution in [1.29, 1.82) is 0 Å². The van der Waals surface area contributed by atoms with Crippen LogP contribution < -0.4 is 5.32 Å². The Kier molecular flexibility index (Phi) is 5.78. The molecule has 0 radical (unpaired) electrons. The Hall–Kier alpha value is -0.740. The summed E-state index contributed by atoms with van der Waals surface area (Å²) in [6, 6.07) is 0. The summed E-state index contributed by atoms with van der Waals surface area (Å²) in [5.41, 5.74) is 0.121. The quantitative estimate of drug-likeness (QED) is 0.487. The average Bonchev–Trinajstić information content (AvgIpc) is 2.79. The summed E-state index contributed by atoms with van der Waals surface area (Å²) in [6.07, 6.45) is 6.03. The van der Waals surface area contributed by atoms with Crippen LogP contribution in [0.3, 0.4) is 0 Å². The van der Waals surface area contributed by atoms with Gasteiger partial charge in [0.05, 0.1) is 7.11 Å². The van der Waals surface area contributed by atoms with Crippen molar-refractivity contribution < 1.29 is 14.3 Å². The Morgan fingerprint density at radius 1 is 1.35 bits per heavy atom. The summed E-state index contributed by atoms with van der Waals surface area (Å²) < 4.78 is 4.60. The summed E-state index contributed by atoms with van der Waals surface area (Å²) in [4.78, 5) is 21.6. The third-order valence-corrected chi connectivity index (χ3v) is 3.06. The maximum absolute atomic E-state index is 11.5. The lowest BCUT2D eigenvalue weighted by Gasteiger charge is -2.10. The van der Waals surface area contributed by atoms with Crippen LogP contribution in [0.2, 0.25) is 0 Å². The highest BCUT2D eigenvalue weighted by Gasteiger charge is 2.21. The molecule has 0 unspecified atom stereocenters. The van der Waals surface area contributed by atoms with Gasteiger partial charge < -0.3 is 10.1 Å². The van der Waals surface area contributed by atoms with Crippen LogP contribution in [0.15, 0.2) is 11.8 Å². The topological polar surface area (TPSA) is 55.4 Å². The van der Waals surface area contributed by atoms with E-state index in [0.717, 1.165) is 25.7 Å². The van der Waals surface area contributed by atoms with Crippen LogP contribution in [0.1, 0.15) is 25.7 Å². The Bertz CT molecular complexity index is 323. The van der Waals surface area contributed by atoms with Crippen LogP contribution in [0.5, 0.6) is 0 Å². The molecule has 1 fully saturated rings. The van der Waals surface area contributed by atoms with Crippen molar-refractivity contribution in [1.82, 2.24) is 5.32 Å². The number of allylic oxidation sites excluding steroid dienone is 1. The number of amides is 1. The standard InChI is InChI=1S/C11H15Cl2NO3/c1-17-11(16)8(14-10(15)9(12)13)6-7-4-2-3-5-7/h6-7,9H,2-5H2,1H3,(H,14,15). The normalized spacial score (nSPS) is 17.3. The van der Waals surface area contributed by atoms with E-state index in [0.29, 0.717) is 5.92 Å². The zero-order valence-electron chi connectivity index (χ0n) is 9.54. The Morgan fingerprint density at radius 3 is 2.41 bits per heavy atom. The first-order valence-corrected chi connectivity index (χ1v) is 6.31. The number of nitrogens with one attached hydrogen (secondary N) is 1. The summed E-state index contributed by atoms with van der Waals surface area (Å²) >= 11 is 10.8. The molecule has 0 aliphatic heterocycles. The van der Waals surface area contributed by atoms with E-state index in [1.165, 1.54) is 7.11 Å². The van der Waals surface area contributed by atoms with Crippen molar-refractivity contribution in [2.24, 2.45) is 5.92 Å². The molecule has 96 valence electrons. The minimum Gasteiger partial charge on any atom is -0.464 e. The molecular weight excluding hydrogens is 265 g/mol. The second kappa shape index (κ2) is 6.87. The van der Waals surface area contributed by atoms with Crippen LogP contribution in [-0.4, -0.2) is 23.8 Å². The van der Waals surface area contributed by atoms with Crippen molar-refractivity contribution in [3.63, 3.8) is 0 Å². The molecule has 1 amide bonds. The third kappa shape index (κ3) is 4.56. The molecule has 0 saturated heterocycles. The average molecular weight is 280 g/mol. The van der Waals surface area contributed by atoms with E-state index < -0.39 is 16.7 Å². The maximum atomic E-state index is 11.5. The first kappa shape index (κ1) is 14.3. The van der Waals surface area contributed by atoms with Gasteiger partial charge in [-0.15, -0.1) is 0 Å². The number of carbonyl (C=O) groups is 2. The number of hydrogen-bond donors (Lipinski definition) is 1. The van der Waals surface area contributed by atoms with Gasteiger partial charge in [0.1, 0.15) is 5.70 Å². The first-order valence-electron chi connectivity index (χ1n) is 5.43. The molecule has 1 N–H and O–H groups in total. The molecule has 0 atom stereocenters. The van der Waals surface area contributed by atoms with Crippen molar-refractivity contribution in [3.8, 4) is 0 Å².